The number of nitrogens with zero attached hydrogens (tertiary/aromatic N) is 2. The molecule has 0 fully saturated rings. The Morgan fingerprint density at radius 1 is 0.444 bits per heavy atom. The van der Waals surface area contributed by atoms with Gasteiger partial charge in [-0.1, -0.05) is 84.9 Å². The molecule has 0 N–H and O–H groups in total. The molecule has 0 atom stereocenters. The number of fused-ring (bicyclic) bond motifs is 11. The molecule has 6 aromatic rings. The van der Waals surface area contributed by atoms with E-state index in [-0.39, 0.29) is 6.79 Å². The van der Waals surface area contributed by atoms with Crippen LogP contribution in [0.15, 0.2) is 109 Å². The van der Waals surface area contributed by atoms with Crippen LogP contribution in [0.2, 0.25) is 0 Å². The van der Waals surface area contributed by atoms with Gasteiger partial charge in [0, 0.05) is 59.2 Å². The normalized spacial score (nSPS) is 15.8. The van der Waals surface area contributed by atoms with Crippen LogP contribution in [0.5, 0.6) is 23.0 Å². The van der Waals surface area contributed by atoms with E-state index in [4.69, 9.17) is 18.9 Å². The maximum Gasteiger partial charge on any atom is 0.230 e. The van der Waals surface area contributed by atoms with Crippen molar-refractivity contribution in [3.63, 3.8) is 0 Å². The minimum Gasteiger partial charge on any atom is -0.478 e. The van der Waals surface area contributed by atoms with Crippen LogP contribution >= 0.6 is 0 Å². The quantitative estimate of drug-likeness (QED) is 0.206. The molecule has 45 heavy (non-hydrogen) atoms. The van der Waals surface area contributed by atoms with E-state index in [2.05, 4.69) is 119 Å². The molecule has 0 bridgehead atoms. The van der Waals surface area contributed by atoms with E-state index >= 15 is 0 Å². The predicted molar refractivity (Wildman–Crippen MR) is 175 cm³/mol. The third kappa shape index (κ3) is 4.65. The van der Waals surface area contributed by atoms with Crippen LogP contribution in [0.3, 0.4) is 0 Å². The van der Waals surface area contributed by atoms with E-state index in [1.54, 1.807) is 0 Å². The molecule has 0 aromatic heterocycles. The summed E-state index contributed by atoms with van der Waals surface area (Å²) in [7, 11) is 0. The molecule has 0 aliphatic carbocycles. The van der Waals surface area contributed by atoms with Gasteiger partial charge in [-0.05, 0) is 46.2 Å². The SMILES string of the molecule is c1ccc(CN2COc3ccc4ccc5c(c4c3C2)-c2c(ccc3ccc4c(c23)CN(Cc2ccccc2)CO4)OCO5)cc1. The third-order valence-electron chi connectivity index (χ3n) is 9.17. The summed E-state index contributed by atoms with van der Waals surface area (Å²) >= 11 is 0. The van der Waals surface area contributed by atoms with E-state index in [0.717, 1.165) is 81.8 Å². The van der Waals surface area contributed by atoms with Gasteiger partial charge in [-0.25, -0.2) is 0 Å². The summed E-state index contributed by atoms with van der Waals surface area (Å²) in [5.74, 6) is 3.48. The van der Waals surface area contributed by atoms with Crippen LogP contribution in [0.4, 0.5) is 0 Å². The lowest BCUT2D eigenvalue weighted by Crippen LogP contribution is -2.31. The molecule has 0 saturated heterocycles. The largest absolute Gasteiger partial charge is 0.478 e. The van der Waals surface area contributed by atoms with Crippen molar-refractivity contribution in [2.45, 2.75) is 26.2 Å². The Labute approximate surface area is 261 Å². The first-order valence-corrected chi connectivity index (χ1v) is 15.5. The number of benzene rings is 6. The second-order valence-corrected chi connectivity index (χ2v) is 12.1. The molecule has 0 radical (unpaired) electrons. The molecule has 0 amide bonds. The van der Waals surface area contributed by atoms with E-state index in [1.165, 1.54) is 22.3 Å². The van der Waals surface area contributed by atoms with Gasteiger partial charge in [0.25, 0.3) is 0 Å². The lowest BCUT2D eigenvalue weighted by Gasteiger charge is -2.31. The Hall–Kier alpha value is -5.04. The molecule has 9 rings (SSSR count). The van der Waals surface area contributed by atoms with Crippen molar-refractivity contribution in [3.05, 3.63) is 131 Å². The van der Waals surface area contributed by atoms with Gasteiger partial charge in [-0.15, -0.1) is 0 Å². The zero-order chi connectivity index (χ0) is 29.7. The first kappa shape index (κ1) is 26.4. The highest BCUT2D eigenvalue weighted by Gasteiger charge is 2.30. The summed E-state index contributed by atoms with van der Waals surface area (Å²) in [6.07, 6.45) is 0. The first-order chi connectivity index (χ1) is 22.3. The van der Waals surface area contributed by atoms with E-state index in [1.807, 2.05) is 0 Å². The van der Waals surface area contributed by atoms with Crippen LogP contribution in [-0.4, -0.2) is 30.1 Å². The number of hydrogen-bond donors (Lipinski definition) is 0. The molecular formula is C39H32N2O4. The summed E-state index contributed by atoms with van der Waals surface area (Å²) in [6.45, 7) is 4.40. The van der Waals surface area contributed by atoms with Crippen molar-refractivity contribution in [2.24, 2.45) is 0 Å². The second-order valence-electron chi connectivity index (χ2n) is 12.1. The highest BCUT2D eigenvalue weighted by Crippen LogP contribution is 2.51. The van der Waals surface area contributed by atoms with Crippen molar-refractivity contribution < 1.29 is 18.9 Å². The summed E-state index contributed by atoms with van der Waals surface area (Å²) < 4.78 is 25.5. The third-order valence-corrected chi connectivity index (χ3v) is 9.17. The fourth-order valence-electron chi connectivity index (χ4n) is 7.13. The zero-order valence-corrected chi connectivity index (χ0v) is 24.9. The molecule has 222 valence electrons. The van der Waals surface area contributed by atoms with Gasteiger partial charge in [0.1, 0.15) is 36.5 Å². The summed E-state index contributed by atoms with van der Waals surface area (Å²) in [6, 6.07) is 38.2. The number of rotatable bonds is 4. The Kier molecular flexibility index (Phi) is 6.35. The number of hydrogen-bond acceptors (Lipinski definition) is 6. The lowest BCUT2D eigenvalue weighted by molar-refractivity contribution is 0.0896. The van der Waals surface area contributed by atoms with Gasteiger partial charge in [-0.3, -0.25) is 9.80 Å². The van der Waals surface area contributed by atoms with Crippen LogP contribution in [-0.2, 0) is 26.2 Å². The zero-order valence-electron chi connectivity index (χ0n) is 24.9. The molecular weight excluding hydrogens is 560 g/mol. The standard InChI is InChI=1S/C39H32N2O4/c1-3-7-26(8-4-1)19-40-21-30-32(42-23-40)15-11-28-13-17-34-38(36(28)30)39-35(45-25-44-34)18-14-29-12-16-33-31(37(29)39)22-41(24-43-33)20-27-9-5-2-6-10-27/h1-18H,19-25H2. The Morgan fingerprint density at radius 3 is 1.31 bits per heavy atom. The smallest absolute Gasteiger partial charge is 0.230 e. The van der Waals surface area contributed by atoms with Crippen molar-refractivity contribution >= 4 is 21.5 Å². The fourth-order valence-corrected chi connectivity index (χ4v) is 7.13. The molecule has 6 aromatic carbocycles. The Morgan fingerprint density at radius 2 is 0.867 bits per heavy atom. The summed E-state index contributed by atoms with van der Waals surface area (Å²) in [5.41, 5.74) is 6.99. The van der Waals surface area contributed by atoms with Crippen molar-refractivity contribution in [3.8, 4) is 34.1 Å². The molecule has 0 spiro atoms. The maximum absolute atomic E-state index is 6.40. The minimum atomic E-state index is 0.147. The topological polar surface area (TPSA) is 43.4 Å². The first-order valence-electron chi connectivity index (χ1n) is 15.5. The molecule has 3 heterocycles. The van der Waals surface area contributed by atoms with Crippen molar-refractivity contribution in [2.75, 3.05) is 20.3 Å². The van der Waals surface area contributed by atoms with E-state index in [9.17, 15) is 0 Å². The lowest BCUT2D eigenvalue weighted by atomic mass is 9.87. The van der Waals surface area contributed by atoms with E-state index < -0.39 is 0 Å². The Bertz CT molecular complexity index is 1910. The maximum atomic E-state index is 6.40. The van der Waals surface area contributed by atoms with Crippen molar-refractivity contribution in [1.29, 1.82) is 0 Å². The van der Waals surface area contributed by atoms with Crippen LogP contribution < -0.4 is 18.9 Å². The predicted octanol–water partition coefficient (Wildman–Crippen LogP) is 8.09. The Balaban J connectivity index is 1.23. The fraction of sp³-hybridized carbons (Fsp3) is 0.179. The van der Waals surface area contributed by atoms with Crippen LogP contribution in [0.1, 0.15) is 22.3 Å². The monoisotopic (exact) mass is 592 g/mol. The molecule has 6 heteroatoms. The number of ether oxygens (including phenoxy) is 4. The van der Waals surface area contributed by atoms with Gasteiger partial charge in [-0.2, -0.15) is 0 Å². The molecule has 3 aliphatic rings. The van der Waals surface area contributed by atoms with Crippen LogP contribution in [0.25, 0.3) is 32.7 Å². The summed E-state index contributed by atoms with van der Waals surface area (Å²) in [5, 5.41) is 4.60. The van der Waals surface area contributed by atoms with Crippen molar-refractivity contribution in [1.82, 2.24) is 9.80 Å². The van der Waals surface area contributed by atoms with Crippen LogP contribution in [0, 0.1) is 0 Å². The van der Waals surface area contributed by atoms with Gasteiger partial charge in [0.2, 0.25) is 6.79 Å². The van der Waals surface area contributed by atoms with Gasteiger partial charge >= 0.3 is 0 Å². The molecule has 6 nitrogen and oxygen atoms in total. The highest BCUT2D eigenvalue weighted by atomic mass is 16.7. The molecule has 0 unspecified atom stereocenters. The average Bonchev–Trinajstić information content (AvgIpc) is 3.28. The minimum absolute atomic E-state index is 0.147. The van der Waals surface area contributed by atoms with Gasteiger partial charge in [0.15, 0.2) is 0 Å². The molecule has 3 aliphatic heterocycles. The summed E-state index contributed by atoms with van der Waals surface area (Å²) in [4.78, 5) is 4.71. The van der Waals surface area contributed by atoms with E-state index in [0.29, 0.717) is 13.5 Å². The average molecular weight is 593 g/mol. The second kappa shape index (κ2) is 10.8. The highest BCUT2D eigenvalue weighted by molar-refractivity contribution is 6.12. The van der Waals surface area contributed by atoms with Gasteiger partial charge in [0.05, 0.1) is 0 Å². The van der Waals surface area contributed by atoms with Gasteiger partial charge < -0.3 is 18.9 Å². The molecule has 0 saturated carbocycles.